The Morgan fingerprint density at radius 2 is 1.36 bits per heavy atom. The van der Waals surface area contributed by atoms with E-state index in [2.05, 4.69) is 0 Å². The van der Waals surface area contributed by atoms with Crippen LogP contribution >= 0.6 is 0 Å². The van der Waals surface area contributed by atoms with Crippen LogP contribution in [-0.4, -0.2) is 41.7 Å². The van der Waals surface area contributed by atoms with Crippen LogP contribution in [0.3, 0.4) is 0 Å². The average molecular weight is 480 g/mol. The van der Waals surface area contributed by atoms with E-state index in [0.29, 0.717) is 29.9 Å². The predicted octanol–water partition coefficient (Wildman–Crippen LogP) is 5.09. The molecule has 0 fully saturated rings. The predicted molar refractivity (Wildman–Crippen MR) is 105 cm³/mol. The summed E-state index contributed by atoms with van der Waals surface area (Å²) in [7, 11) is 0. The molecule has 182 valence electrons. The maximum Gasteiger partial charge on any atom is 0.430 e. The second-order valence-corrected chi connectivity index (χ2v) is 7.41. The molecule has 0 saturated heterocycles. The van der Waals surface area contributed by atoms with Crippen LogP contribution in [0, 0.1) is 13.8 Å². The zero-order valence-corrected chi connectivity index (χ0v) is 17.7. The standard InChI is InChI=1S/C22H22F6O5/c1-13-10-16(20(31,21(23,24)25)22(26,27)28)11-14(2)19(13)33-9-3-8-32-17-6-4-15(5-7-17)12-18(29)30/h4-7,10-11,31H,3,8-9,12H2,1-2H3,(H,29,30). The summed E-state index contributed by atoms with van der Waals surface area (Å²) in [5.74, 6) is -0.344. The Bertz CT molecular complexity index is 930. The van der Waals surface area contributed by atoms with Gasteiger partial charge in [-0.05, 0) is 54.8 Å². The number of aliphatic carboxylic acids is 1. The molecule has 2 N–H and O–H groups in total. The first-order valence-corrected chi connectivity index (χ1v) is 9.70. The molecule has 0 aromatic heterocycles. The summed E-state index contributed by atoms with van der Waals surface area (Å²) in [6.45, 7) is 2.85. The third-order valence-corrected chi connectivity index (χ3v) is 4.78. The van der Waals surface area contributed by atoms with Crippen LogP contribution in [0.5, 0.6) is 11.5 Å². The van der Waals surface area contributed by atoms with Gasteiger partial charge in [0.2, 0.25) is 0 Å². The molecule has 33 heavy (non-hydrogen) atoms. The van der Waals surface area contributed by atoms with Crippen molar-refractivity contribution >= 4 is 5.97 Å². The first-order chi connectivity index (χ1) is 15.2. The summed E-state index contributed by atoms with van der Waals surface area (Å²) in [4.78, 5) is 10.7. The highest BCUT2D eigenvalue weighted by Crippen LogP contribution is 2.50. The van der Waals surface area contributed by atoms with E-state index in [1.807, 2.05) is 0 Å². The largest absolute Gasteiger partial charge is 0.493 e. The van der Waals surface area contributed by atoms with Crippen molar-refractivity contribution in [1.82, 2.24) is 0 Å². The van der Waals surface area contributed by atoms with Crippen molar-refractivity contribution in [3.8, 4) is 11.5 Å². The second kappa shape index (κ2) is 9.90. The van der Waals surface area contributed by atoms with Gasteiger partial charge in [-0.25, -0.2) is 0 Å². The van der Waals surface area contributed by atoms with Gasteiger partial charge in [-0.15, -0.1) is 0 Å². The van der Waals surface area contributed by atoms with Crippen LogP contribution < -0.4 is 9.47 Å². The molecule has 0 spiro atoms. The van der Waals surface area contributed by atoms with E-state index in [9.17, 15) is 36.2 Å². The normalized spacial score (nSPS) is 12.5. The number of rotatable bonds is 9. The molecule has 2 aromatic carbocycles. The van der Waals surface area contributed by atoms with Gasteiger partial charge in [0.15, 0.2) is 0 Å². The maximum absolute atomic E-state index is 13.1. The van der Waals surface area contributed by atoms with Crippen molar-refractivity contribution in [3.05, 3.63) is 58.7 Å². The first kappa shape index (κ1) is 26.3. The fraction of sp³-hybridized carbons (Fsp3) is 0.409. The van der Waals surface area contributed by atoms with E-state index in [1.165, 1.54) is 13.8 Å². The smallest absolute Gasteiger partial charge is 0.430 e. The third kappa shape index (κ3) is 6.10. The lowest BCUT2D eigenvalue weighted by molar-refractivity contribution is -0.376. The average Bonchev–Trinajstić information content (AvgIpc) is 2.67. The highest BCUT2D eigenvalue weighted by molar-refractivity contribution is 5.70. The first-order valence-electron chi connectivity index (χ1n) is 9.70. The molecular weight excluding hydrogens is 458 g/mol. The quantitative estimate of drug-likeness (QED) is 0.386. The van der Waals surface area contributed by atoms with Gasteiger partial charge in [-0.2, -0.15) is 26.3 Å². The Hall–Kier alpha value is -2.95. The van der Waals surface area contributed by atoms with Crippen molar-refractivity contribution in [2.45, 2.75) is 44.6 Å². The van der Waals surface area contributed by atoms with Crippen molar-refractivity contribution in [2.24, 2.45) is 0 Å². The molecule has 0 radical (unpaired) electrons. The van der Waals surface area contributed by atoms with Crippen molar-refractivity contribution in [3.63, 3.8) is 0 Å². The maximum atomic E-state index is 13.1. The SMILES string of the molecule is Cc1cc(C(O)(C(F)(F)F)C(F)(F)F)cc(C)c1OCCCOc1ccc(CC(=O)O)cc1. The molecule has 11 heteroatoms. The minimum absolute atomic E-state index is 0.00635. The van der Waals surface area contributed by atoms with E-state index < -0.39 is 29.5 Å². The van der Waals surface area contributed by atoms with E-state index in [4.69, 9.17) is 14.6 Å². The van der Waals surface area contributed by atoms with E-state index in [0.717, 1.165) is 0 Å². The van der Waals surface area contributed by atoms with E-state index >= 15 is 0 Å². The number of benzene rings is 2. The van der Waals surface area contributed by atoms with Gasteiger partial charge in [0.05, 0.1) is 19.6 Å². The van der Waals surface area contributed by atoms with Crippen LogP contribution in [0.1, 0.15) is 28.7 Å². The van der Waals surface area contributed by atoms with Crippen LogP contribution in [0.4, 0.5) is 26.3 Å². The second-order valence-electron chi connectivity index (χ2n) is 7.41. The number of hydrogen-bond acceptors (Lipinski definition) is 4. The van der Waals surface area contributed by atoms with Crippen LogP contribution in [0.2, 0.25) is 0 Å². The highest BCUT2D eigenvalue weighted by Gasteiger charge is 2.71. The Morgan fingerprint density at radius 1 is 0.879 bits per heavy atom. The van der Waals surface area contributed by atoms with Crippen molar-refractivity contribution in [1.29, 1.82) is 0 Å². The van der Waals surface area contributed by atoms with Crippen LogP contribution in [0.25, 0.3) is 0 Å². The molecule has 0 bridgehead atoms. The van der Waals surface area contributed by atoms with Gasteiger partial charge >= 0.3 is 18.3 Å². The summed E-state index contributed by atoms with van der Waals surface area (Å²) < 4.78 is 89.7. The van der Waals surface area contributed by atoms with Gasteiger partial charge in [-0.3, -0.25) is 4.79 Å². The molecule has 0 heterocycles. The molecule has 0 aliphatic carbocycles. The lowest BCUT2D eigenvalue weighted by Gasteiger charge is -2.33. The van der Waals surface area contributed by atoms with Crippen molar-refractivity contribution in [2.75, 3.05) is 13.2 Å². The number of ether oxygens (including phenoxy) is 2. The van der Waals surface area contributed by atoms with Crippen LogP contribution in [-0.2, 0) is 16.8 Å². The number of halogens is 6. The number of carboxylic acid groups (broad SMARTS) is 1. The van der Waals surface area contributed by atoms with Gasteiger partial charge in [0, 0.05) is 12.0 Å². The fourth-order valence-electron chi connectivity index (χ4n) is 3.18. The lowest BCUT2D eigenvalue weighted by Crippen LogP contribution is -2.54. The molecule has 2 aromatic rings. The number of aryl methyl sites for hydroxylation is 2. The molecule has 0 unspecified atom stereocenters. The summed E-state index contributed by atoms with van der Waals surface area (Å²) in [5.41, 5.74) is -5.71. The van der Waals surface area contributed by atoms with Gasteiger partial charge in [-0.1, -0.05) is 12.1 Å². The molecule has 0 saturated carbocycles. The molecule has 5 nitrogen and oxygen atoms in total. The number of carbonyl (C=O) groups is 1. The number of carboxylic acids is 1. The van der Waals surface area contributed by atoms with Gasteiger partial charge in [0.25, 0.3) is 5.60 Å². The highest BCUT2D eigenvalue weighted by atomic mass is 19.4. The molecule has 2 rings (SSSR count). The lowest BCUT2D eigenvalue weighted by atomic mass is 9.89. The van der Waals surface area contributed by atoms with Crippen molar-refractivity contribution < 1.29 is 50.8 Å². The zero-order valence-electron chi connectivity index (χ0n) is 17.7. The van der Waals surface area contributed by atoms with Gasteiger partial charge < -0.3 is 19.7 Å². The molecule has 0 aliphatic heterocycles. The molecule has 0 atom stereocenters. The number of hydrogen-bond donors (Lipinski definition) is 2. The summed E-state index contributed by atoms with van der Waals surface area (Å²) >= 11 is 0. The summed E-state index contributed by atoms with van der Waals surface area (Å²) in [6, 6.07) is 7.65. The van der Waals surface area contributed by atoms with E-state index in [1.54, 1.807) is 24.3 Å². The van der Waals surface area contributed by atoms with E-state index in [-0.39, 0.29) is 36.5 Å². The molecule has 0 aliphatic rings. The number of aliphatic hydroxyl groups is 1. The summed E-state index contributed by atoms with van der Waals surface area (Å²) in [5, 5.41) is 18.3. The zero-order chi connectivity index (χ0) is 25.0. The number of alkyl halides is 6. The Balaban J connectivity index is 2.00. The minimum atomic E-state index is -5.96. The summed E-state index contributed by atoms with van der Waals surface area (Å²) in [6.07, 6.45) is -11.7. The topological polar surface area (TPSA) is 76.0 Å². The van der Waals surface area contributed by atoms with Gasteiger partial charge in [0.1, 0.15) is 11.5 Å². The monoisotopic (exact) mass is 480 g/mol. The van der Waals surface area contributed by atoms with Crippen LogP contribution in [0.15, 0.2) is 36.4 Å². The Labute approximate surface area is 185 Å². The minimum Gasteiger partial charge on any atom is -0.493 e. The third-order valence-electron chi connectivity index (χ3n) is 4.78. The Kier molecular flexibility index (Phi) is 7.89. The molecule has 0 amide bonds. The fourth-order valence-corrected chi connectivity index (χ4v) is 3.18. The Morgan fingerprint density at radius 3 is 1.82 bits per heavy atom. The molecular formula is C22H22F6O5.